The Labute approximate surface area is 237 Å². The third-order valence-electron chi connectivity index (χ3n) is 7.07. The number of Topliss-reactive ketones (excluding diaryl/α,β-unsaturated/α-hetero) is 1. The predicted octanol–water partition coefficient (Wildman–Crippen LogP) is 4.66. The highest BCUT2D eigenvalue weighted by atomic mass is 19.1. The van der Waals surface area contributed by atoms with Gasteiger partial charge in [-0.2, -0.15) is 5.10 Å². The summed E-state index contributed by atoms with van der Waals surface area (Å²) >= 11 is 0. The number of carbonyl (C=O) groups is 2. The molecule has 0 atom stereocenters. The van der Waals surface area contributed by atoms with Gasteiger partial charge in [-0.25, -0.2) is 4.39 Å². The standard InChI is InChI=1S/C16H13N3O3.C15H20FNO2/c1-19-14-8-13(6-5-11(14)9-18-19)22-12-4-2-3-10(7-12)15(20)16(17)21;16-13-10-12(4-3-7-17-5-1-2-6-17)11-14-15(13)19-9-8-18-14/h2-9H,1H3,(H2,17,21);10-11H,1-9H2. The van der Waals surface area contributed by atoms with Crippen LogP contribution in [0.3, 0.4) is 0 Å². The Balaban J connectivity index is 0.000000166. The van der Waals surface area contributed by atoms with Gasteiger partial charge in [0, 0.05) is 24.1 Å². The first-order chi connectivity index (χ1) is 19.9. The molecule has 2 N–H and O–H groups in total. The number of nitrogens with two attached hydrogens (primary N) is 1. The van der Waals surface area contributed by atoms with E-state index in [0.29, 0.717) is 30.5 Å². The Bertz CT molecular complexity index is 1550. The van der Waals surface area contributed by atoms with Gasteiger partial charge < -0.3 is 24.8 Å². The van der Waals surface area contributed by atoms with Gasteiger partial charge in [0.25, 0.3) is 5.91 Å². The number of rotatable bonds is 8. The van der Waals surface area contributed by atoms with Gasteiger partial charge in [-0.15, -0.1) is 0 Å². The van der Waals surface area contributed by atoms with E-state index in [2.05, 4.69) is 10.00 Å². The van der Waals surface area contributed by atoms with E-state index in [1.54, 1.807) is 29.1 Å². The van der Waals surface area contributed by atoms with Crippen LogP contribution < -0.4 is 19.9 Å². The topological polar surface area (TPSA) is 109 Å². The highest BCUT2D eigenvalue weighted by Gasteiger charge is 2.18. The van der Waals surface area contributed by atoms with Gasteiger partial charge >= 0.3 is 0 Å². The van der Waals surface area contributed by atoms with Gasteiger partial charge in [0.15, 0.2) is 17.3 Å². The molecule has 2 aliphatic heterocycles. The van der Waals surface area contributed by atoms with Crippen LogP contribution in [0.15, 0.2) is 60.8 Å². The fraction of sp³-hybridized carbons (Fsp3) is 0.323. The molecule has 0 spiro atoms. The predicted molar refractivity (Wildman–Crippen MR) is 152 cm³/mol. The molecule has 2 aliphatic rings. The molecule has 1 aromatic heterocycles. The SMILES string of the molecule is Cn1ncc2ccc(Oc3cccc(C(=O)C(N)=O)c3)cc21.Fc1cc(CCCN2CCCC2)cc2c1OCCO2. The Hall–Kier alpha value is -4.44. The second kappa shape index (κ2) is 12.8. The summed E-state index contributed by atoms with van der Waals surface area (Å²) in [4.78, 5) is 25.0. The number of carbonyl (C=O) groups excluding carboxylic acids is 2. The van der Waals surface area contributed by atoms with Gasteiger partial charge in [0.2, 0.25) is 5.78 Å². The minimum absolute atomic E-state index is 0.201. The summed E-state index contributed by atoms with van der Waals surface area (Å²) in [5, 5.41) is 5.17. The number of primary amides is 1. The van der Waals surface area contributed by atoms with E-state index in [-0.39, 0.29) is 17.1 Å². The van der Waals surface area contributed by atoms with Crippen molar-refractivity contribution < 1.29 is 28.2 Å². The number of amides is 1. The summed E-state index contributed by atoms with van der Waals surface area (Å²) in [6, 6.07) is 15.4. The van der Waals surface area contributed by atoms with Crippen LogP contribution in [0.1, 0.15) is 35.2 Å². The number of ether oxygens (including phenoxy) is 3. The summed E-state index contributed by atoms with van der Waals surface area (Å²) in [5.74, 6) is -0.139. The molecule has 1 amide bonds. The van der Waals surface area contributed by atoms with E-state index in [9.17, 15) is 14.0 Å². The minimum atomic E-state index is -0.992. The highest BCUT2D eigenvalue weighted by molar-refractivity contribution is 6.42. The van der Waals surface area contributed by atoms with E-state index in [1.807, 2.05) is 31.3 Å². The maximum absolute atomic E-state index is 13.8. The van der Waals surface area contributed by atoms with Crippen molar-refractivity contribution in [1.29, 1.82) is 0 Å². The summed E-state index contributed by atoms with van der Waals surface area (Å²) in [6.45, 7) is 4.48. The number of ketones is 1. The molecule has 0 saturated carbocycles. The molecule has 0 bridgehead atoms. The third-order valence-corrected chi connectivity index (χ3v) is 7.07. The average Bonchev–Trinajstić information content (AvgIpc) is 3.63. The molecule has 0 aliphatic carbocycles. The van der Waals surface area contributed by atoms with Crippen LogP contribution in [0.2, 0.25) is 0 Å². The van der Waals surface area contributed by atoms with Crippen molar-refractivity contribution >= 4 is 22.6 Å². The number of nitrogens with zero attached hydrogens (tertiary/aromatic N) is 3. The largest absolute Gasteiger partial charge is 0.486 e. The van der Waals surface area contributed by atoms with E-state index in [0.717, 1.165) is 35.9 Å². The molecule has 4 aromatic rings. The quantitative estimate of drug-likeness (QED) is 0.247. The van der Waals surface area contributed by atoms with Crippen molar-refractivity contribution in [1.82, 2.24) is 14.7 Å². The number of benzene rings is 3. The molecule has 6 rings (SSSR count). The van der Waals surface area contributed by atoms with Crippen LogP contribution in [0.4, 0.5) is 4.39 Å². The van der Waals surface area contributed by atoms with Crippen LogP contribution in [0.5, 0.6) is 23.0 Å². The third kappa shape index (κ3) is 7.01. The van der Waals surface area contributed by atoms with Crippen LogP contribution in [-0.2, 0) is 18.3 Å². The maximum atomic E-state index is 13.8. The van der Waals surface area contributed by atoms with Crippen molar-refractivity contribution in [3.8, 4) is 23.0 Å². The second-order valence-electron chi connectivity index (χ2n) is 10.1. The second-order valence-corrected chi connectivity index (χ2v) is 10.1. The Morgan fingerprint density at radius 3 is 2.61 bits per heavy atom. The molecule has 1 fully saturated rings. The van der Waals surface area contributed by atoms with Crippen LogP contribution in [0, 0.1) is 5.82 Å². The highest BCUT2D eigenvalue weighted by Crippen LogP contribution is 2.34. The Kier molecular flexibility index (Phi) is 8.79. The average molecular weight is 561 g/mol. The lowest BCUT2D eigenvalue weighted by Gasteiger charge is -2.20. The molecule has 0 unspecified atom stereocenters. The number of aromatic nitrogens is 2. The molecule has 1 saturated heterocycles. The molecule has 214 valence electrons. The van der Waals surface area contributed by atoms with Crippen LogP contribution in [0.25, 0.3) is 10.9 Å². The molecule has 41 heavy (non-hydrogen) atoms. The molecule has 9 nitrogen and oxygen atoms in total. The van der Waals surface area contributed by atoms with E-state index in [4.69, 9.17) is 19.9 Å². The van der Waals surface area contributed by atoms with Gasteiger partial charge in [-0.05, 0) is 87.3 Å². The lowest BCUT2D eigenvalue weighted by molar-refractivity contribution is -0.114. The van der Waals surface area contributed by atoms with Crippen molar-refractivity contribution in [3.05, 3.63) is 77.7 Å². The fourth-order valence-electron chi connectivity index (χ4n) is 4.99. The maximum Gasteiger partial charge on any atom is 0.289 e. The van der Waals surface area contributed by atoms with Gasteiger partial charge in [0.05, 0.1) is 11.7 Å². The first-order valence-corrected chi connectivity index (χ1v) is 13.7. The number of aryl methyl sites for hydroxylation is 2. The number of fused-ring (bicyclic) bond motifs is 2. The summed E-state index contributed by atoms with van der Waals surface area (Å²) < 4.78 is 32.1. The summed E-state index contributed by atoms with van der Waals surface area (Å²) in [6.07, 6.45) is 6.37. The molecule has 3 aromatic carbocycles. The first kappa shape index (κ1) is 28.1. The first-order valence-electron chi connectivity index (χ1n) is 13.7. The van der Waals surface area contributed by atoms with Crippen LogP contribution >= 0.6 is 0 Å². The van der Waals surface area contributed by atoms with Gasteiger partial charge in [0.1, 0.15) is 24.7 Å². The van der Waals surface area contributed by atoms with Crippen molar-refractivity contribution in [3.63, 3.8) is 0 Å². The number of hydrogen-bond acceptors (Lipinski definition) is 7. The van der Waals surface area contributed by atoms with E-state index in [1.165, 1.54) is 38.1 Å². The summed E-state index contributed by atoms with van der Waals surface area (Å²) in [7, 11) is 1.85. The zero-order valence-corrected chi connectivity index (χ0v) is 23.0. The number of likely N-dealkylation sites (tertiary alicyclic amines) is 1. The molecule has 0 radical (unpaired) electrons. The fourth-order valence-corrected chi connectivity index (χ4v) is 4.99. The molecule has 3 heterocycles. The summed E-state index contributed by atoms with van der Waals surface area (Å²) in [5.41, 5.74) is 7.13. The van der Waals surface area contributed by atoms with Crippen molar-refractivity contribution in [2.45, 2.75) is 25.7 Å². The smallest absolute Gasteiger partial charge is 0.289 e. The normalized spacial score (nSPS) is 14.4. The number of halogens is 1. The van der Waals surface area contributed by atoms with Gasteiger partial charge in [-0.1, -0.05) is 12.1 Å². The van der Waals surface area contributed by atoms with Gasteiger partial charge in [-0.3, -0.25) is 14.3 Å². The minimum Gasteiger partial charge on any atom is -0.486 e. The molecule has 10 heteroatoms. The van der Waals surface area contributed by atoms with E-state index < -0.39 is 11.7 Å². The zero-order valence-electron chi connectivity index (χ0n) is 23.0. The monoisotopic (exact) mass is 560 g/mol. The Morgan fingerprint density at radius 1 is 1.02 bits per heavy atom. The zero-order chi connectivity index (χ0) is 28.8. The van der Waals surface area contributed by atoms with Crippen molar-refractivity contribution in [2.24, 2.45) is 12.8 Å². The lowest BCUT2D eigenvalue weighted by atomic mass is 10.1. The molecular formula is C31H33FN4O5. The van der Waals surface area contributed by atoms with Crippen molar-refractivity contribution in [2.75, 3.05) is 32.8 Å². The van der Waals surface area contributed by atoms with E-state index >= 15 is 0 Å². The molecular weight excluding hydrogens is 527 g/mol. The van der Waals surface area contributed by atoms with Crippen LogP contribution in [-0.4, -0.2) is 59.2 Å². The lowest BCUT2D eigenvalue weighted by Crippen LogP contribution is -2.22. The number of hydrogen-bond donors (Lipinski definition) is 1. The Morgan fingerprint density at radius 2 is 1.80 bits per heavy atom.